The molecular weight excluding hydrogens is 308 g/mol. The second-order valence-corrected chi connectivity index (χ2v) is 4.88. The molecule has 6 nitrogen and oxygen atoms in total. The van der Waals surface area contributed by atoms with Crippen LogP contribution in [0.5, 0.6) is 11.5 Å². The molecule has 0 saturated heterocycles. The quantitative estimate of drug-likeness (QED) is 0.652. The average Bonchev–Trinajstić information content (AvgIpc) is 2.62. The zero-order valence-electron chi connectivity index (χ0n) is 13.3. The van der Waals surface area contributed by atoms with E-state index in [0.29, 0.717) is 17.2 Å². The second kappa shape index (κ2) is 7.79. The van der Waals surface area contributed by atoms with Crippen molar-refractivity contribution in [3.63, 3.8) is 0 Å². The summed E-state index contributed by atoms with van der Waals surface area (Å²) < 4.78 is 10.2. The number of hydrogen-bond acceptors (Lipinski definition) is 5. The lowest BCUT2D eigenvalue weighted by molar-refractivity contribution is -0.117. The van der Waals surface area contributed by atoms with Crippen LogP contribution >= 0.6 is 0 Å². The van der Waals surface area contributed by atoms with Crippen LogP contribution in [0.1, 0.15) is 10.4 Å². The Bertz CT molecular complexity index is 759. The smallest absolute Gasteiger partial charge is 0.249 e. The predicted octanol–water partition coefficient (Wildman–Crippen LogP) is 2.66. The molecule has 0 aromatic heterocycles. The third kappa shape index (κ3) is 3.90. The zero-order chi connectivity index (χ0) is 17.5. The van der Waals surface area contributed by atoms with Crippen LogP contribution in [0.15, 0.2) is 48.5 Å². The third-order valence-electron chi connectivity index (χ3n) is 3.33. The Labute approximate surface area is 139 Å². The number of carbonyl (C=O) groups excluding carboxylic acids is 2. The number of hydrogen-bond donors (Lipinski definition) is 1. The van der Waals surface area contributed by atoms with Crippen LogP contribution in [0.25, 0.3) is 0 Å². The van der Waals surface area contributed by atoms with Crippen LogP contribution in [0.3, 0.4) is 0 Å². The monoisotopic (exact) mass is 324 g/mol. The molecule has 0 bridgehead atoms. The average molecular weight is 324 g/mol. The summed E-state index contributed by atoms with van der Waals surface area (Å²) >= 11 is 0. The van der Waals surface area contributed by atoms with Gasteiger partial charge in [0.2, 0.25) is 5.91 Å². The van der Waals surface area contributed by atoms with Crippen molar-refractivity contribution < 1.29 is 19.1 Å². The molecule has 6 heteroatoms. The molecule has 2 rings (SSSR count). The molecule has 0 radical (unpaired) electrons. The Kier molecular flexibility index (Phi) is 5.53. The molecule has 0 spiro atoms. The molecule has 0 aliphatic carbocycles. The third-order valence-corrected chi connectivity index (χ3v) is 3.33. The Morgan fingerprint density at radius 3 is 2.12 bits per heavy atom. The van der Waals surface area contributed by atoms with Gasteiger partial charge in [-0.3, -0.25) is 9.59 Å². The van der Waals surface area contributed by atoms with Gasteiger partial charge in [0.15, 0.2) is 11.7 Å². The number of para-hydroxylation sites is 1. The molecular formula is C18H16N2O4. The van der Waals surface area contributed by atoms with Gasteiger partial charge in [-0.15, -0.1) is 0 Å². The SMILES string of the molecule is COc1cc(OC)cc(C(=O)[C@@H](C#N)C(=O)Nc2ccccc2)c1. The van der Waals surface area contributed by atoms with Crippen LogP contribution in [0, 0.1) is 17.2 Å². The van der Waals surface area contributed by atoms with Gasteiger partial charge in [0.25, 0.3) is 0 Å². The maximum Gasteiger partial charge on any atom is 0.249 e. The van der Waals surface area contributed by atoms with Crippen molar-refractivity contribution in [2.75, 3.05) is 19.5 Å². The minimum Gasteiger partial charge on any atom is -0.497 e. The molecule has 122 valence electrons. The summed E-state index contributed by atoms with van der Waals surface area (Å²) in [5.41, 5.74) is 0.680. The summed E-state index contributed by atoms with van der Waals surface area (Å²) in [4.78, 5) is 24.8. The molecule has 24 heavy (non-hydrogen) atoms. The number of nitriles is 1. The second-order valence-electron chi connectivity index (χ2n) is 4.88. The fourth-order valence-electron chi connectivity index (χ4n) is 2.09. The van der Waals surface area contributed by atoms with Gasteiger partial charge in [0.1, 0.15) is 11.5 Å². The number of ether oxygens (including phenoxy) is 2. The highest BCUT2D eigenvalue weighted by Gasteiger charge is 2.28. The molecule has 0 fully saturated rings. The van der Waals surface area contributed by atoms with E-state index in [4.69, 9.17) is 9.47 Å². The molecule has 0 aliphatic rings. The first-order chi connectivity index (χ1) is 11.6. The minimum absolute atomic E-state index is 0.168. The predicted molar refractivity (Wildman–Crippen MR) is 88.1 cm³/mol. The number of benzene rings is 2. The fourth-order valence-corrected chi connectivity index (χ4v) is 2.09. The van der Waals surface area contributed by atoms with Gasteiger partial charge in [0.05, 0.1) is 20.3 Å². The van der Waals surface area contributed by atoms with Crippen LogP contribution in [0.4, 0.5) is 5.69 Å². The first-order valence-electron chi connectivity index (χ1n) is 7.12. The van der Waals surface area contributed by atoms with Crippen molar-refractivity contribution in [2.24, 2.45) is 5.92 Å². The Morgan fingerprint density at radius 1 is 1.04 bits per heavy atom. The van der Waals surface area contributed by atoms with Gasteiger partial charge in [-0.2, -0.15) is 5.26 Å². The number of ketones is 1. The van der Waals surface area contributed by atoms with E-state index in [1.807, 2.05) is 0 Å². The lowest BCUT2D eigenvalue weighted by atomic mass is 9.97. The molecule has 0 saturated carbocycles. The van der Waals surface area contributed by atoms with Crippen molar-refractivity contribution in [3.8, 4) is 17.6 Å². The summed E-state index contributed by atoms with van der Waals surface area (Å²) in [6.07, 6.45) is 0. The number of Topliss-reactive ketones (excluding diaryl/α,β-unsaturated/α-hetero) is 1. The topological polar surface area (TPSA) is 88.4 Å². The summed E-state index contributed by atoms with van der Waals surface area (Å²) in [7, 11) is 2.90. The van der Waals surface area contributed by atoms with Gasteiger partial charge in [0, 0.05) is 17.3 Å². The normalized spacial score (nSPS) is 11.0. The molecule has 2 aromatic carbocycles. The highest BCUT2D eigenvalue weighted by molar-refractivity contribution is 6.15. The van der Waals surface area contributed by atoms with Gasteiger partial charge >= 0.3 is 0 Å². The maximum atomic E-state index is 12.5. The largest absolute Gasteiger partial charge is 0.497 e. The molecule has 1 atom stereocenters. The lowest BCUT2D eigenvalue weighted by Gasteiger charge is -2.11. The van der Waals surface area contributed by atoms with Gasteiger partial charge in [-0.25, -0.2) is 0 Å². The van der Waals surface area contributed by atoms with Gasteiger partial charge in [-0.1, -0.05) is 18.2 Å². The van der Waals surface area contributed by atoms with Crippen LogP contribution < -0.4 is 14.8 Å². The van der Waals surface area contributed by atoms with Crippen molar-refractivity contribution >= 4 is 17.4 Å². The number of anilines is 1. The standard InChI is InChI=1S/C18H16N2O4/c1-23-14-8-12(9-15(10-14)24-2)17(21)16(11-19)18(22)20-13-6-4-3-5-7-13/h3-10,16H,1-2H3,(H,20,22)/t16-/m1/s1. The van der Waals surface area contributed by atoms with E-state index in [9.17, 15) is 14.9 Å². The summed E-state index contributed by atoms with van der Waals surface area (Å²) in [6.45, 7) is 0. The Hall–Kier alpha value is -3.33. The van der Waals surface area contributed by atoms with E-state index >= 15 is 0 Å². The van der Waals surface area contributed by atoms with Crippen molar-refractivity contribution in [2.45, 2.75) is 0 Å². The number of nitrogens with zero attached hydrogens (tertiary/aromatic N) is 1. The highest BCUT2D eigenvalue weighted by atomic mass is 16.5. The number of nitrogens with one attached hydrogen (secondary N) is 1. The van der Waals surface area contributed by atoms with Gasteiger partial charge in [-0.05, 0) is 24.3 Å². The first kappa shape index (κ1) is 17.0. The summed E-state index contributed by atoms with van der Waals surface area (Å²) in [6, 6.07) is 14.9. The minimum atomic E-state index is -1.47. The molecule has 0 unspecified atom stereocenters. The van der Waals surface area contributed by atoms with Crippen LogP contribution in [0.2, 0.25) is 0 Å². The highest BCUT2D eigenvalue weighted by Crippen LogP contribution is 2.24. The maximum absolute atomic E-state index is 12.5. The van der Waals surface area contributed by atoms with Gasteiger partial charge < -0.3 is 14.8 Å². The molecule has 1 N–H and O–H groups in total. The fraction of sp³-hybridized carbons (Fsp3) is 0.167. The first-order valence-corrected chi connectivity index (χ1v) is 7.12. The molecule has 0 heterocycles. The number of methoxy groups -OCH3 is 2. The van der Waals surface area contributed by atoms with E-state index in [-0.39, 0.29) is 5.56 Å². The number of carbonyl (C=O) groups is 2. The van der Waals surface area contributed by atoms with E-state index in [1.165, 1.54) is 26.4 Å². The number of amides is 1. The molecule has 2 aromatic rings. The van der Waals surface area contributed by atoms with Crippen LogP contribution in [-0.2, 0) is 4.79 Å². The Morgan fingerprint density at radius 2 is 1.62 bits per heavy atom. The van der Waals surface area contributed by atoms with E-state index in [0.717, 1.165) is 0 Å². The summed E-state index contributed by atoms with van der Waals surface area (Å²) in [5, 5.41) is 11.8. The van der Waals surface area contributed by atoms with E-state index < -0.39 is 17.6 Å². The van der Waals surface area contributed by atoms with Crippen molar-refractivity contribution in [1.29, 1.82) is 5.26 Å². The van der Waals surface area contributed by atoms with Crippen molar-refractivity contribution in [3.05, 3.63) is 54.1 Å². The van der Waals surface area contributed by atoms with E-state index in [1.54, 1.807) is 42.5 Å². The molecule has 1 amide bonds. The van der Waals surface area contributed by atoms with Crippen LogP contribution in [-0.4, -0.2) is 25.9 Å². The number of rotatable bonds is 6. The van der Waals surface area contributed by atoms with Crippen molar-refractivity contribution in [1.82, 2.24) is 0 Å². The summed E-state index contributed by atoms with van der Waals surface area (Å²) in [5.74, 6) is -1.98. The molecule has 0 aliphatic heterocycles. The Balaban J connectivity index is 2.25. The van der Waals surface area contributed by atoms with E-state index in [2.05, 4.69) is 5.32 Å². The lowest BCUT2D eigenvalue weighted by Crippen LogP contribution is -2.28. The zero-order valence-corrected chi connectivity index (χ0v) is 13.3.